The molecule has 1 fully saturated rings. The Morgan fingerprint density at radius 2 is 2.00 bits per heavy atom. The van der Waals surface area contributed by atoms with Crippen LogP contribution < -0.4 is 10.6 Å². The second kappa shape index (κ2) is 7.39. The second-order valence-corrected chi connectivity index (χ2v) is 7.32. The first-order chi connectivity index (χ1) is 8.48. The molecule has 1 unspecified atom stereocenters. The lowest BCUT2D eigenvalue weighted by molar-refractivity contribution is -0.121. The van der Waals surface area contributed by atoms with Gasteiger partial charge in [0.1, 0.15) is 0 Å². The van der Waals surface area contributed by atoms with Gasteiger partial charge >= 0.3 is 0 Å². The Morgan fingerprint density at radius 1 is 1.39 bits per heavy atom. The number of hydrogen-bond donors (Lipinski definition) is 2. The molecule has 4 heteroatoms. The molecule has 1 aliphatic heterocycles. The van der Waals surface area contributed by atoms with Crippen LogP contribution in [0, 0.1) is 11.3 Å². The summed E-state index contributed by atoms with van der Waals surface area (Å²) >= 11 is 1.75. The van der Waals surface area contributed by atoms with Gasteiger partial charge in [0.2, 0.25) is 5.91 Å². The van der Waals surface area contributed by atoms with E-state index in [1.165, 1.54) is 0 Å². The molecule has 0 aromatic rings. The molecule has 1 heterocycles. The number of hydrogen-bond acceptors (Lipinski definition) is 3. The summed E-state index contributed by atoms with van der Waals surface area (Å²) in [5, 5.41) is 6.64. The van der Waals surface area contributed by atoms with Gasteiger partial charge in [-0.3, -0.25) is 4.79 Å². The maximum atomic E-state index is 12.2. The summed E-state index contributed by atoms with van der Waals surface area (Å²) in [7, 11) is 0. The normalized spacial score (nSPS) is 20.7. The molecule has 2 N–H and O–H groups in total. The average molecular weight is 272 g/mol. The first-order valence-corrected chi connectivity index (χ1v) is 8.13. The van der Waals surface area contributed by atoms with Crippen molar-refractivity contribution in [1.82, 2.24) is 10.6 Å². The van der Waals surface area contributed by atoms with E-state index in [1.54, 1.807) is 11.8 Å². The third-order valence-corrected chi connectivity index (χ3v) is 5.16. The lowest BCUT2D eigenvalue weighted by atomic mass is 9.81. The molecule has 0 aromatic carbocycles. The zero-order valence-electron chi connectivity index (χ0n) is 12.2. The molecule has 1 atom stereocenters. The minimum absolute atomic E-state index is 0.0975. The van der Waals surface area contributed by atoms with Crippen LogP contribution in [0.25, 0.3) is 0 Å². The van der Waals surface area contributed by atoms with Crippen LogP contribution in [0.4, 0.5) is 0 Å². The summed E-state index contributed by atoms with van der Waals surface area (Å²) in [6.07, 6.45) is 2.31. The van der Waals surface area contributed by atoms with Gasteiger partial charge in [0.15, 0.2) is 0 Å². The van der Waals surface area contributed by atoms with Crippen LogP contribution in [0.5, 0.6) is 0 Å². The first-order valence-electron chi connectivity index (χ1n) is 7.08. The number of amides is 1. The van der Waals surface area contributed by atoms with Crippen molar-refractivity contribution in [3.05, 3.63) is 0 Å². The van der Waals surface area contributed by atoms with E-state index in [-0.39, 0.29) is 16.6 Å². The molecule has 1 saturated heterocycles. The minimum Gasteiger partial charge on any atom is -0.355 e. The Balaban J connectivity index is 2.43. The molecular weight excluding hydrogens is 244 g/mol. The highest BCUT2D eigenvalue weighted by Gasteiger charge is 2.29. The van der Waals surface area contributed by atoms with Gasteiger partial charge in [-0.25, -0.2) is 0 Å². The number of thioether (sulfide) groups is 1. The molecule has 18 heavy (non-hydrogen) atoms. The summed E-state index contributed by atoms with van der Waals surface area (Å²) in [5.41, 5.74) is 0.277. The van der Waals surface area contributed by atoms with Crippen LogP contribution >= 0.6 is 11.8 Å². The number of carbonyl (C=O) groups excluding carboxylic acids is 1. The third-order valence-electron chi connectivity index (χ3n) is 3.71. The van der Waals surface area contributed by atoms with Crippen LogP contribution in [0.3, 0.4) is 0 Å². The average Bonchev–Trinajstić information content (AvgIpc) is 2.34. The van der Waals surface area contributed by atoms with E-state index in [1.807, 2.05) is 0 Å². The molecular formula is C14H28N2OS. The van der Waals surface area contributed by atoms with Gasteiger partial charge in [-0.1, -0.05) is 27.7 Å². The van der Waals surface area contributed by atoms with Gasteiger partial charge in [-0.2, -0.15) is 0 Å². The van der Waals surface area contributed by atoms with Gasteiger partial charge in [-0.05, 0) is 43.0 Å². The molecule has 0 aromatic heterocycles. The summed E-state index contributed by atoms with van der Waals surface area (Å²) in [6, 6.07) is 0. The van der Waals surface area contributed by atoms with Gasteiger partial charge < -0.3 is 10.6 Å². The Labute approximate surface area is 116 Å². The van der Waals surface area contributed by atoms with E-state index in [9.17, 15) is 4.79 Å². The van der Waals surface area contributed by atoms with E-state index < -0.39 is 0 Å². The number of carbonyl (C=O) groups is 1. The van der Waals surface area contributed by atoms with Gasteiger partial charge in [0.05, 0.1) is 5.25 Å². The predicted octanol–water partition coefficient (Wildman–Crippen LogP) is 2.27. The van der Waals surface area contributed by atoms with E-state index in [0.29, 0.717) is 5.92 Å². The van der Waals surface area contributed by atoms with Crippen molar-refractivity contribution in [2.24, 2.45) is 11.3 Å². The Morgan fingerprint density at radius 3 is 2.50 bits per heavy atom. The highest BCUT2D eigenvalue weighted by Crippen LogP contribution is 2.27. The van der Waals surface area contributed by atoms with Crippen molar-refractivity contribution >= 4 is 17.7 Å². The van der Waals surface area contributed by atoms with Crippen molar-refractivity contribution in [1.29, 1.82) is 0 Å². The maximum Gasteiger partial charge on any atom is 0.233 e. The number of nitrogens with one attached hydrogen (secondary N) is 2. The topological polar surface area (TPSA) is 41.1 Å². The summed E-state index contributed by atoms with van der Waals surface area (Å²) in [4.78, 5) is 12.2. The standard InChI is InChI=1S/C14H28N2OS/c1-5-18-12(11(2)3)13(17)16-10-14(4)6-8-15-9-7-14/h11-12,15H,5-10H2,1-4H3,(H,16,17). The quantitative estimate of drug-likeness (QED) is 0.779. The molecule has 1 aliphatic rings. The SMILES string of the molecule is CCSC(C(=O)NCC1(C)CCNCC1)C(C)C. The summed E-state index contributed by atoms with van der Waals surface area (Å²) < 4.78 is 0. The smallest absolute Gasteiger partial charge is 0.233 e. The summed E-state index contributed by atoms with van der Waals surface area (Å²) in [6.45, 7) is 11.6. The largest absolute Gasteiger partial charge is 0.355 e. The lowest BCUT2D eigenvalue weighted by Crippen LogP contribution is -2.45. The molecule has 106 valence electrons. The summed E-state index contributed by atoms with van der Waals surface area (Å²) in [5.74, 6) is 1.62. The van der Waals surface area contributed by atoms with Crippen LogP contribution in [-0.2, 0) is 4.79 Å². The van der Waals surface area contributed by atoms with Crippen molar-refractivity contribution in [3.8, 4) is 0 Å². The van der Waals surface area contributed by atoms with Gasteiger partial charge in [0, 0.05) is 6.54 Å². The van der Waals surface area contributed by atoms with Crippen LogP contribution in [-0.4, -0.2) is 36.5 Å². The van der Waals surface area contributed by atoms with E-state index in [4.69, 9.17) is 0 Å². The second-order valence-electron chi connectivity index (χ2n) is 5.90. The van der Waals surface area contributed by atoms with E-state index >= 15 is 0 Å². The fourth-order valence-electron chi connectivity index (χ4n) is 2.36. The van der Waals surface area contributed by atoms with Crippen molar-refractivity contribution in [2.45, 2.75) is 45.8 Å². The van der Waals surface area contributed by atoms with Crippen molar-refractivity contribution in [2.75, 3.05) is 25.4 Å². The highest BCUT2D eigenvalue weighted by atomic mass is 32.2. The molecule has 0 radical (unpaired) electrons. The van der Waals surface area contributed by atoms with Crippen molar-refractivity contribution < 1.29 is 4.79 Å². The van der Waals surface area contributed by atoms with Gasteiger partial charge in [0.25, 0.3) is 0 Å². The van der Waals surface area contributed by atoms with E-state index in [2.05, 4.69) is 38.3 Å². The molecule has 1 amide bonds. The fraction of sp³-hybridized carbons (Fsp3) is 0.929. The first kappa shape index (κ1) is 15.8. The van der Waals surface area contributed by atoms with Crippen LogP contribution in [0.1, 0.15) is 40.5 Å². The Bertz CT molecular complexity index is 263. The highest BCUT2D eigenvalue weighted by molar-refractivity contribution is 8.00. The minimum atomic E-state index is 0.0975. The zero-order valence-corrected chi connectivity index (χ0v) is 13.0. The Hall–Kier alpha value is -0.220. The zero-order chi connectivity index (χ0) is 13.6. The lowest BCUT2D eigenvalue weighted by Gasteiger charge is -2.34. The Kier molecular flexibility index (Phi) is 6.50. The van der Waals surface area contributed by atoms with Crippen LogP contribution in [0.15, 0.2) is 0 Å². The molecule has 3 nitrogen and oxygen atoms in total. The van der Waals surface area contributed by atoms with Crippen molar-refractivity contribution in [3.63, 3.8) is 0 Å². The van der Waals surface area contributed by atoms with Gasteiger partial charge in [-0.15, -0.1) is 11.8 Å². The fourth-order valence-corrected chi connectivity index (χ4v) is 3.34. The number of piperidine rings is 1. The van der Waals surface area contributed by atoms with Crippen LogP contribution in [0.2, 0.25) is 0 Å². The number of rotatable bonds is 6. The maximum absolute atomic E-state index is 12.2. The van der Waals surface area contributed by atoms with E-state index in [0.717, 1.165) is 38.2 Å². The molecule has 1 rings (SSSR count). The monoisotopic (exact) mass is 272 g/mol. The molecule has 0 aliphatic carbocycles. The third kappa shape index (κ3) is 4.81. The molecule has 0 spiro atoms. The molecule has 0 saturated carbocycles. The molecule has 0 bridgehead atoms. The predicted molar refractivity (Wildman–Crippen MR) is 80.0 cm³/mol.